The summed E-state index contributed by atoms with van der Waals surface area (Å²) < 4.78 is 53.6. The van der Waals surface area contributed by atoms with Crippen molar-refractivity contribution in [2.75, 3.05) is 20.7 Å². The van der Waals surface area contributed by atoms with Gasteiger partial charge in [0.15, 0.2) is 0 Å². The molecule has 12 heteroatoms. The molecule has 0 heterocycles. The van der Waals surface area contributed by atoms with Crippen LogP contribution in [0.2, 0.25) is 5.02 Å². The highest BCUT2D eigenvalue weighted by molar-refractivity contribution is 7.89. The molecule has 0 atom stereocenters. The van der Waals surface area contributed by atoms with Crippen LogP contribution < -0.4 is 15.2 Å². The van der Waals surface area contributed by atoms with Crippen LogP contribution >= 0.6 is 11.6 Å². The molecule has 29 heavy (non-hydrogen) atoms. The van der Waals surface area contributed by atoms with Crippen molar-refractivity contribution in [3.8, 4) is 5.75 Å². The molecule has 0 spiro atoms. The summed E-state index contributed by atoms with van der Waals surface area (Å²) in [7, 11) is -5.05. The summed E-state index contributed by atoms with van der Waals surface area (Å²) in [5.74, 6) is -0.203. The van der Waals surface area contributed by atoms with E-state index < -0.39 is 32.5 Å². The van der Waals surface area contributed by atoms with E-state index in [1.54, 1.807) is 0 Å². The van der Waals surface area contributed by atoms with Crippen molar-refractivity contribution in [1.29, 1.82) is 0 Å². The van der Waals surface area contributed by atoms with Crippen molar-refractivity contribution < 1.29 is 26.4 Å². The number of amides is 1. The van der Waals surface area contributed by atoms with Crippen molar-refractivity contribution in [2.45, 2.75) is 16.3 Å². The van der Waals surface area contributed by atoms with Crippen molar-refractivity contribution in [3.63, 3.8) is 0 Å². The number of rotatable bonds is 8. The Morgan fingerprint density at radius 3 is 2.21 bits per heavy atom. The lowest BCUT2D eigenvalue weighted by molar-refractivity contribution is -0.121. The van der Waals surface area contributed by atoms with Gasteiger partial charge in [-0.3, -0.25) is 4.79 Å². The fourth-order valence-electron chi connectivity index (χ4n) is 2.33. The molecule has 3 N–H and O–H groups in total. The average Bonchev–Trinajstić information content (AvgIpc) is 2.65. The van der Waals surface area contributed by atoms with Crippen molar-refractivity contribution in [3.05, 3.63) is 53.1 Å². The van der Waals surface area contributed by atoms with Crippen molar-refractivity contribution in [2.24, 2.45) is 5.14 Å². The predicted octanol–water partition coefficient (Wildman–Crippen LogP) is 0.933. The number of sulfonamides is 2. The van der Waals surface area contributed by atoms with Crippen LogP contribution in [0.5, 0.6) is 5.75 Å². The first-order chi connectivity index (χ1) is 13.4. The molecule has 0 unspecified atom stereocenters. The average molecular weight is 462 g/mol. The van der Waals surface area contributed by atoms with Crippen molar-refractivity contribution >= 4 is 37.6 Å². The minimum atomic E-state index is -3.93. The molecule has 9 nitrogen and oxygen atoms in total. The second-order valence-electron chi connectivity index (χ2n) is 6.02. The molecule has 0 bridgehead atoms. The van der Waals surface area contributed by atoms with E-state index in [2.05, 4.69) is 5.32 Å². The second kappa shape index (κ2) is 9.09. The van der Waals surface area contributed by atoms with E-state index in [1.165, 1.54) is 56.6 Å². The lowest BCUT2D eigenvalue weighted by Gasteiger charge is -2.17. The third-order valence-corrected chi connectivity index (χ3v) is 6.96. The number of primary sulfonamides is 1. The van der Waals surface area contributed by atoms with E-state index in [1.807, 2.05) is 0 Å². The zero-order valence-corrected chi connectivity index (χ0v) is 18.0. The molecule has 0 aromatic heterocycles. The maximum atomic E-state index is 12.6. The van der Waals surface area contributed by atoms with E-state index in [-0.39, 0.29) is 21.4 Å². The third-order valence-electron chi connectivity index (χ3n) is 3.94. The minimum absolute atomic E-state index is 0.0449. The summed E-state index contributed by atoms with van der Waals surface area (Å²) in [6.07, 6.45) is 0. The van der Waals surface area contributed by atoms with Gasteiger partial charge in [0.05, 0.1) is 28.5 Å². The maximum absolute atomic E-state index is 12.6. The number of carbonyl (C=O) groups is 1. The van der Waals surface area contributed by atoms with Gasteiger partial charge in [0.25, 0.3) is 0 Å². The topological polar surface area (TPSA) is 136 Å². The van der Waals surface area contributed by atoms with Crippen LogP contribution in [-0.4, -0.2) is 47.8 Å². The Balaban J connectivity index is 2.00. The highest BCUT2D eigenvalue weighted by Gasteiger charge is 2.24. The highest BCUT2D eigenvalue weighted by Crippen LogP contribution is 2.28. The number of likely N-dealkylation sites (N-methyl/N-ethyl adjacent to an activating group) is 1. The van der Waals surface area contributed by atoms with Crippen LogP contribution in [-0.2, 0) is 31.4 Å². The molecule has 0 fully saturated rings. The fourth-order valence-corrected chi connectivity index (χ4v) is 4.32. The molecular weight excluding hydrogens is 442 g/mol. The van der Waals surface area contributed by atoms with E-state index in [9.17, 15) is 21.6 Å². The number of hydrogen-bond acceptors (Lipinski definition) is 6. The Morgan fingerprint density at radius 2 is 1.69 bits per heavy atom. The third kappa shape index (κ3) is 5.90. The summed E-state index contributed by atoms with van der Waals surface area (Å²) >= 11 is 5.97. The van der Waals surface area contributed by atoms with Crippen LogP contribution in [0.25, 0.3) is 0 Å². The maximum Gasteiger partial charge on any atom is 0.243 e. The van der Waals surface area contributed by atoms with Gasteiger partial charge in [-0.1, -0.05) is 23.7 Å². The van der Waals surface area contributed by atoms with Gasteiger partial charge in [-0.05, 0) is 35.9 Å². The molecule has 158 valence electrons. The van der Waals surface area contributed by atoms with Gasteiger partial charge < -0.3 is 10.1 Å². The quantitative estimate of drug-likeness (QED) is 0.600. The first kappa shape index (κ1) is 23.1. The SMILES string of the molecule is COc1ccc(S(=O)(=O)N(C)CC(=O)NCc2ccc(S(N)(=O)=O)cc2)cc1Cl. The van der Waals surface area contributed by atoms with Gasteiger partial charge in [-0.2, -0.15) is 4.31 Å². The van der Waals surface area contributed by atoms with Gasteiger partial charge in [-0.15, -0.1) is 0 Å². The van der Waals surface area contributed by atoms with E-state index in [0.717, 1.165) is 4.31 Å². The number of carbonyl (C=O) groups excluding carboxylic acids is 1. The largest absolute Gasteiger partial charge is 0.495 e. The number of hydrogen-bond donors (Lipinski definition) is 2. The molecule has 0 aliphatic rings. The number of benzene rings is 2. The van der Waals surface area contributed by atoms with Crippen LogP contribution in [0.15, 0.2) is 52.3 Å². The van der Waals surface area contributed by atoms with Gasteiger partial charge >= 0.3 is 0 Å². The molecule has 0 saturated carbocycles. The molecule has 1 amide bonds. The van der Waals surface area contributed by atoms with E-state index in [4.69, 9.17) is 21.5 Å². The molecule has 2 rings (SSSR count). The molecule has 2 aromatic carbocycles. The fraction of sp³-hybridized carbons (Fsp3) is 0.235. The Kier molecular flexibility index (Phi) is 7.25. The standard InChI is InChI=1S/C17H20ClN3O6S2/c1-21(29(25,26)14-7-8-16(27-2)15(18)9-14)11-17(22)20-10-12-3-5-13(6-4-12)28(19,23)24/h3-9H,10-11H2,1-2H3,(H,20,22)(H2,19,23,24). The second-order valence-corrected chi connectivity index (χ2v) is 10.0. The van der Waals surface area contributed by atoms with E-state index >= 15 is 0 Å². The summed E-state index contributed by atoms with van der Waals surface area (Å²) in [6.45, 7) is -0.326. The van der Waals surface area contributed by atoms with Crippen LogP contribution in [0.4, 0.5) is 0 Å². The number of nitrogens with zero attached hydrogens (tertiary/aromatic N) is 1. The Labute approximate surface area is 174 Å². The van der Waals surface area contributed by atoms with Gasteiger partial charge in [-0.25, -0.2) is 22.0 Å². The molecular formula is C17H20ClN3O6S2. The smallest absolute Gasteiger partial charge is 0.243 e. The molecule has 0 radical (unpaired) electrons. The number of nitrogens with two attached hydrogens (primary N) is 1. The normalized spacial score (nSPS) is 12.0. The van der Waals surface area contributed by atoms with Crippen LogP contribution in [0.3, 0.4) is 0 Å². The number of nitrogens with one attached hydrogen (secondary N) is 1. The first-order valence-corrected chi connectivity index (χ1v) is 11.5. The molecule has 0 aliphatic carbocycles. The Hall–Kier alpha value is -2.18. The van der Waals surface area contributed by atoms with Gasteiger partial charge in [0.1, 0.15) is 5.75 Å². The molecule has 0 saturated heterocycles. The Morgan fingerprint density at radius 1 is 1.10 bits per heavy atom. The minimum Gasteiger partial charge on any atom is -0.495 e. The molecule has 2 aromatic rings. The molecule has 0 aliphatic heterocycles. The predicted molar refractivity (Wildman–Crippen MR) is 107 cm³/mol. The van der Waals surface area contributed by atoms with Crippen LogP contribution in [0.1, 0.15) is 5.56 Å². The first-order valence-electron chi connectivity index (χ1n) is 8.13. The van der Waals surface area contributed by atoms with E-state index in [0.29, 0.717) is 11.3 Å². The van der Waals surface area contributed by atoms with Crippen molar-refractivity contribution in [1.82, 2.24) is 9.62 Å². The lowest BCUT2D eigenvalue weighted by atomic mass is 10.2. The number of ether oxygens (including phenoxy) is 1. The number of halogens is 1. The number of methoxy groups -OCH3 is 1. The highest BCUT2D eigenvalue weighted by atomic mass is 35.5. The summed E-state index contributed by atoms with van der Waals surface area (Å²) in [4.78, 5) is 12.0. The van der Waals surface area contributed by atoms with Gasteiger partial charge in [0, 0.05) is 13.6 Å². The summed E-state index contributed by atoms with van der Waals surface area (Å²) in [6, 6.07) is 9.65. The summed E-state index contributed by atoms with van der Waals surface area (Å²) in [5, 5.41) is 7.73. The monoisotopic (exact) mass is 461 g/mol. The Bertz CT molecular complexity index is 1100. The lowest BCUT2D eigenvalue weighted by Crippen LogP contribution is -2.38. The summed E-state index contributed by atoms with van der Waals surface area (Å²) in [5.41, 5.74) is 0.623. The van der Waals surface area contributed by atoms with Gasteiger partial charge in [0.2, 0.25) is 26.0 Å². The van der Waals surface area contributed by atoms with Crippen LogP contribution in [0, 0.1) is 0 Å². The zero-order valence-electron chi connectivity index (χ0n) is 15.6. The zero-order chi connectivity index (χ0) is 21.8.